The minimum Gasteiger partial charge on any atom is -0.493 e. The van der Waals surface area contributed by atoms with Gasteiger partial charge in [-0.05, 0) is 36.0 Å². The first kappa shape index (κ1) is 19.3. The van der Waals surface area contributed by atoms with Gasteiger partial charge in [-0.3, -0.25) is 4.99 Å². The molecule has 25 heavy (non-hydrogen) atoms. The predicted octanol–water partition coefficient (Wildman–Crippen LogP) is 3.15. The molecule has 0 spiro atoms. The molecule has 1 heterocycles. The van der Waals surface area contributed by atoms with Gasteiger partial charge in [0.05, 0.1) is 7.11 Å². The molecule has 2 rings (SSSR count). The summed E-state index contributed by atoms with van der Waals surface area (Å²) in [6, 6.07) is 5.08. The SMILES string of the molecule is CN=C(NCCc1ccc(OC)c(OC(F)F)c1)N1CCC(C)(C)C1. The van der Waals surface area contributed by atoms with E-state index in [9.17, 15) is 8.78 Å². The molecule has 0 aliphatic carbocycles. The van der Waals surface area contributed by atoms with Gasteiger partial charge in [0.15, 0.2) is 17.5 Å². The van der Waals surface area contributed by atoms with Gasteiger partial charge in [0.25, 0.3) is 0 Å². The van der Waals surface area contributed by atoms with Gasteiger partial charge >= 0.3 is 6.61 Å². The molecule has 1 aliphatic heterocycles. The lowest BCUT2D eigenvalue weighted by Gasteiger charge is -2.23. The van der Waals surface area contributed by atoms with E-state index in [1.54, 1.807) is 19.2 Å². The molecule has 0 bridgehead atoms. The van der Waals surface area contributed by atoms with Crippen molar-refractivity contribution in [3.63, 3.8) is 0 Å². The molecular formula is C18H27F2N3O2. The average molecular weight is 355 g/mol. The van der Waals surface area contributed by atoms with Crippen LogP contribution in [0, 0.1) is 5.41 Å². The van der Waals surface area contributed by atoms with Crippen molar-refractivity contribution < 1.29 is 18.3 Å². The molecule has 0 aromatic heterocycles. The average Bonchev–Trinajstić information content (AvgIpc) is 2.91. The third kappa shape index (κ3) is 5.47. The number of aliphatic imine (C=N–C) groups is 1. The van der Waals surface area contributed by atoms with E-state index in [-0.39, 0.29) is 5.75 Å². The van der Waals surface area contributed by atoms with Crippen LogP contribution in [-0.4, -0.2) is 51.3 Å². The molecule has 1 fully saturated rings. The van der Waals surface area contributed by atoms with Crippen molar-refractivity contribution >= 4 is 5.96 Å². The summed E-state index contributed by atoms with van der Waals surface area (Å²) in [5.74, 6) is 1.23. The maximum atomic E-state index is 12.5. The Labute approximate surface area is 148 Å². The second-order valence-electron chi connectivity index (χ2n) is 6.92. The molecule has 1 aromatic rings. The van der Waals surface area contributed by atoms with E-state index in [2.05, 4.69) is 33.8 Å². The van der Waals surface area contributed by atoms with E-state index < -0.39 is 6.61 Å². The van der Waals surface area contributed by atoms with E-state index in [1.807, 2.05) is 6.07 Å². The first-order valence-electron chi connectivity index (χ1n) is 8.42. The number of halogens is 2. The van der Waals surface area contributed by atoms with Crippen molar-refractivity contribution in [1.29, 1.82) is 0 Å². The molecule has 0 amide bonds. The van der Waals surface area contributed by atoms with Gasteiger partial charge < -0.3 is 19.7 Å². The van der Waals surface area contributed by atoms with Crippen molar-refractivity contribution in [3.05, 3.63) is 23.8 Å². The lowest BCUT2D eigenvalue weighted by atomic mass is 9.93. The molecule has 1 N–H and O–H groups in total. The first-order chi connectivity index (χ1) is 11.8. The smallest absolute Gasteiger partial charge is 0.387 e. The van der Waals surface area contributed by atoms with Crippen LogP contribution in [0.3, 0.4) is 0 Å². The Balaban J connectivity index is 1.92. The third-order valence-electron chi connectivity index (χ3n) is 4.33. The summed E-state index contributed by atoms with van der Waals surface area (Å²) in [5, 5.41) is 3.34. The normalized spacial score (nSPS) is 17.1. The highest BCUT2D eigenvalue weighted by atomic mass is 19.3. The molecule has 0 atom stereocenters. The fourth-order valence-electron chi connectivity index (χ4n) is 3.01. The van der Waals surface area contributed by atoms with Crippen molar-refractivity contribution in [3.8, 4) is 11.5 Å². The molecule has 1 aliphatic rings. The van der Waals surface area contributed by atoms with E-state index in [1.165, 1.54) is 7.11 Å². The molecule has 1 aromatic carbocycles. The van der Waals surface area contributed by atoms with Gasteiger partial charge in [0.1, 0.15) is 0 Å². The van der Waals surface area contributed by atoms with Crippen molar-refractivity contribution in [2.45, 2.75) is 33.3 Å². The van der Waals surface area contributed by atoms with Crippen LogP contribution < -0.4 is 14.8 Å². The van der Waals surface area contributed by atoms with Crippen LogP contribution in [-0.2, 0) is 6.42 Å². The number of ether oxygens (including phenoxy) is 2. The second-order valence-corrected chi connectivity index (χ2v) is 6.92. The molecule has 1 saturated heterocycles. The van der Waals surface area contributed by atoms with Gasteiger partial charge in [0, 0.05) is 26.7 Å². The van der Waals surface area contributed by atoms with Crippen molar-refractivity contribution in [2.24, 2.45) is 10.4 Å². The molecule has 140 valence electrons. The summed E-state index contributed by atoms with van der Waals surface area (Å²) in [7, 11) is 3.20. The second kappa shape index (κ2) is 8.36. The zero-order valence-electron chi connectivity index (χ0n) is 15.3. The zero-order valence-corrected chi connectivity index (χ0v) is 15.3. The number of nitrogens with zero attached hydrogens (tertiary/aromatic N) is 2. The quantitative estimate of drug-likeness (QED) is 0.629. The number of alkyl halides is 2. The molecule has 0 radical (unpaired) electrons. The summed E-state index contributed by atoms with van der Waals surface area (Å²) in [6.07, 6.45) is 1.81. The minimum absolute atomic E-state index is 0.0562. The van der Waals surface area contributed by atoms with Crippen LogP contribution in [0.1, 0.15) is 25.8 Å². The number of guanidine groups is 1. The summed E-state index contributed by atoms with van der Waals surface area (Å²) < 4.78 is 34.6. The van der Waals surface area contributed by atoms with E-state index in [0.717, 1.165) is 31.0 Å². The highest BCUT2D eigenvalue weighted by Crippen LogP contribution is 2.30. The Bertz CT molecular complexity index is 606. The lowest BCUT2D eigenvalue weighted by molar-refractivity contribution is -0.0512. The van der Waals surface area contributed by atoms with Gasteiger partial charge in [0.2, 0.25) is 0 Å². The Morgan fingerprint density at radius 3 is 2.68 bits per heavy atom. The minimum atomic E-state index is -2.88. The molecular weight excluding hydrogens is 328 g/mol. The Morgan fingerprint density at radius 1 is 1.36 bits per heavy atom. The van der Waals surface area contributed by atoms with Crippen LogP contribution in [0.25, 0.3) is 0 Å². The number of hydrogen-bond acceptors (Lipinski definition) is 3. The summed E-state index contributed by atoms with van der Waals surface area (Å²) in [6.45, 7) is 4.25. The number of benzene rings is 1. The topological polar surface area (TPSA) is 46.1 Å². The number of likely N-dealkylation sites (tertiary alicyclic amines) is 1. The third-order valence-corrected chi connectivity index (χ3v) is 4.33. The first-order valence-corrected chi connectivity index (χ1v) is 8.42. The number of rotatable bonds is 6. The van der Waals surface area contributed by atoms with Gasteiger partial charge in [-0.2, -0.15) is 8.78 Å². The van der Waals surface area contributed by atoms with Gasteiger partial charge in [-0.25, -0.2) is 0 Å². The fourth-order valence-corrected chi connectivity index (χ4v) is 3.01. The van der Waals surface area contributed by atoms with Gasteiger partial charge in [-0.1, -0.05) is 19.9 Å². The Kier molecular flexibility index (Phi) is 6.45. The zero-order chi connectivity index (χ0) is 18.4. The molecule has 5 nitrogen and oxygen atoms in total. The van der Waals surface area contributed by atoms with Crippen LogP contribution in [0.15, 0.2) is 23.2 Å². The molecule has 0 saturated carbocycles. The number of nitrogens with one attached hydrogen (secondary N) is 1. The van der Waals surface area contributed by atoms with E-state index in [4.69, 9.17) is 4.74 Å². The van der Waals surface area contributed by atoms with E-state index in [0.29, 0.717) is 24.1 Å². The Hall–Kier alpha value is -2.05. The highest BCUT2D eigenvalue weighted by molar-refractivity contribution is 5.80. The standard InChI is InChI=1S/C18H27F2N3O2/c1-18(2)8-10-23(12-18)17(21-3)22-9-7-13-5-6-14(24-4)15(11-13)25-16(19)20/h5-6,11,16H,7-10,12H2,1-4H3,(H,21,22). The van der Waals surface area contributed by atoms with Crippen molar-refractivity contribution in [2.75, 3.05) is 33.8 Å². The molecule has 0 unspecified atom stereocenters. The number of hydrogen-bond donors (Lipinski definition) is 1. The predicted molar refractivity (Wildman–Crippen MR) is 94.7 cm³/mol. The summed E-state index contributed by atoms with van der Waals surface area (Å²) in [4.78, 5) is 6.59. The monoisotopic (exact) mass is 355 g/mol. The van der Waals surface area contributed by atoms with Crippen LogP contribution in [0.4, 0.5) is 8.78 Å². The van der Waals surface area contributed by atoms with Crippen LogP contribution in [0.2, 0.25) is 0 Å². The lowest BCUT2D eigenvalue weighted by Crippen LogP contribution is -2.41. The summed E-state index contributed by atoms with van der Waals surface area (Å²) in [5.41, 5.74) is 1.19. The maximum absolute atomic E-state index is 12.5. The number of methoxy groups -OCH3 is 1. The fraction of sp³-hybridized carbons (Fsp3) is 0.611. The highest BCUT2D eigenvalue weighted by Gasteiger charge is 2.30. The summed E-state index contributed by atoms with van der Waals surface area (Å²) >= 11 is 0. The van der Waals surface area contributed by atoms with Gasteiger partial charge in [-0.15, -0.1) is 0 Å². The largest absolute Gasteiger partial charge is 0.493 e. The van der Waals surface area contributed by atoms with E-state index >= 15 is 0 Å². The molecule has 7 heteroatoms. The van der Waals surface area contributed by atoms with Crippen LogP contribution in [0.5, 0.6) is 11.5 Å². The van der Waals surface area contributed by atoms with Crippen molar-refractivity contribution in [1.82, 2.24) is 10.2 Å². The maximum Gasteiger partial charge on any atom is 0.387 e. The Morgan fingerprint density at radius 2 is 2.12 bits per heavy atom. The van der Waals surface area contributed by atoms with Crippen LogP contribution >= 0.6 is 0 Å².